The summed E-state index contributed by atoms with van der Waals surface area (Å²) in [7, 11) is -1.53. The highest BCUT2D eigenvalue weighted by Gasteiger charge is 2.15. The van der Waals surface area contributed by atoms with Gasteiger partial charge in [-0.3, -0.25) is 0 Å². The van der Waals surface area contributed by atoms with E-state index in [0.717, 1.165) is 5.56 Å². The number of hydrogen-bond donors (Lipinski definition) is 0. The van der Waals surface area contributed by atoms with Gasteiger partial charge >= 0.3 is 0 Å². The van der Waals surface area contributed by atoms with Crippen molar-refractivity contribution in [3.05, 3.63) is 29.8 Å². The maximum absolute atomic E-state index is 11.5. The molecule has 1 unspecified atom stereocenters. The second-order valence-electron chi connectivity index (χ2n) is 3.64. The second-order valence-corrected chi connectivity index (χ2v) is 6.92. The van der Waals surface area contributed by atoms with Crippen molar-refractivity contribution < 1.29 is 13.2 Å². The quantitative estimate of drug-likeness (QED) is 0.782. The van der Waals surface area contributed by atoms with Gasteiger partial charge in [-0.2, -0.15) is 0 Å². The molecular formula is C11H15BrO3S. The number of methoxy groups -OCH3 is 1. The molecule has 0 N–H and O–H groups in total. The third-order valence-corrected chi connectivity index (χ3v) is 3.95. The molecule has 0 aliphatic carbocycles. The molecule has 1 aromatic carbocycles. The third kappa shape index (κ3) is 3.88. The summed E-state index contributed by atoms with van der Waals surface area (Å²) in [5.41, 5.74) is 0.823. The van der Waals surface area contributed by atoms with E-state index in [1.165, 1.54) is 6.26 Å². The lowest BCUT2D eigenvalue weighted by Crippen LogP contribution is -2.12. The lowest BCUT2D eigenvalue weighted by Gasteiger charge is -2.11. The molecule has 1 atom stereocenters. The first-order valence-electron chi connectivity index (χ1n) is 4.86. The highest BCUT2D eigenvalue weighted by Crippen LogP contribution is 2.19. The summed E-state index contributed by atoms with van der Waals surface area (Å²) in [5, 5.41) is 0. The number of alkyl halides is 1. The molecule has 1 aromatic rings. The van der Waals surface area contributed by atoms with Crippen LogP contribution in [0.15, 0.2) is 29.2 Å². The van der Waals surface area contributed by atoms with Crippen LogP contribution < -0.4 is 0 Å². The van der Waals surface area contributed by atoms with Gasteiger partial charge in [0, 0.05) is 18.2 Å². The Kier molecular flexibility index (Phi) is 4.95. The predicted molar refractivity (Wildman–Crippen MR) is 67.8 cm³/mol. The Morgan fingerprint density at radius 1 is 1.38 bits per heavy atom. The fourth-order valence-electron chi connectivity index (χ4n) is 1.51. The Hall–Kier alpha value is -0.390. The molecule has 0 aliphatic rings. The highest BCUT2D eigenvalue weighted by atomic mass is 79.9. The molecule has 0 aromatic heterocycles. The second kappa shape index (κ2) is 5.80. The third-order valence-electron chi connectivity index (χ3n) is 2.16. The van der Waals surface area contributed by atoms with Crippen molar-refractivity contribution in [3.63, 3.8) is 0 Å². The fourth-order valence-corrected chi connectivity index (χ4v) is 3.08. The minimum Gasteiger partial charge on any atom is -0.384 e. The number of benzene rings is 1. The monoisotopic (exact) mass is 306 g/mol. The van der Waals surface area contributed by atoms with Crippen LogP contribution >= 0.6 is 15.9 Å². The molecule has 0 saturated carbocycles. The molecule has 0 heterocycles. The van der Waals surface area contributed by atoms with E-state index in [2.05, 4.69) is 15.9 Å². The Morgan fingerprint density at radius 3 is 2.56 bits per heavy atom. The first kappa shape index (κ1) is 13.7. The number of hydrogen-bond acceptors (Lipinski definition) is 3. The summed E-state index contributed by atoms with van der Waals surface area (Å²) in [4.78, 5) is 0.524. The normalized spacial score (nSPS) is 13.7. The van der Waals surface area contributed by atoms with Crippen molar-refractivity contribution in [2.45, 2.75) is 16.1 Å². The van der Waals surface area contributed by atoms with Crippen molar-refractivity contribution in [1.82, 2.24) is 0 Å². The van der Waals surface area contributed by atoms with Crippen LogP contribution in [0.1, 0.15) is 5.56 Å². The van der Waals surface area contributed by atoms with E-state index in [4.69, 9.17) is 4.74 Å². The summed E-state index contributed by atoms with van der Waals surface area (Å²) < 4.78 is 28.1. The molecule has 1 rings (SSSR count). The fraction of sp³-hybridized carbons (Fsp3) is 0.455. The largest absolute Gasteiger partial charge is 0.384 e. The lowest BCUT2D eigenvalue weighted by molar-refractivity contribution is 0.200. The molecule has 3 nitrogen and oxygen atoms in total. The Morgan fingerprint density at radius 2 is 2.00 bits per heavy atom. The van der Waals surface area contributed by atoms with E-state index in [0.29, 0.717) is 17.9 Å². The van der Waals surface area contributed by atoms with Gasteiger partial charge in [0.25, 0.3) is 0 Å². The summed E-state index contributed by atoms with van der Waals surface area (Å²) in [6, 6.07) is 7.05. The average molecular weight is 307 g/mol. The molecule has 16 heavy (non-hydrogen) atoms. The summed E-state index contributed by atoms with van der Waals surface area (Å²) >= 11 is 3.46. The zero-order valence-corrected chi connectivity index (χ0v) is 11.7. The molecule has 0 radical (unpaired) electrons. The van der Waals surface area contributed by atoms with Crippen LogP contribution in [0.4, 0.5) is 0 Å². The van der Waals surface area contributed by atoms with Gasteiger partial charge in [0.1, 0.15) is 0 Å². The van der Waals surface area contributed by atoms with Gasteiger partial charge in [-0.15, -0.1) is 0 Å². The van der Waals surface area contributed by atoms with Gasteiger partial charge in [-0.05, 0) is 18.1 Å². The first-order chi connectivity index (χ1) is 7.45. The molecule has 0 saturated heterocycles. The zero-order chi connectivity index (χ0) is 12.2. The van der Waals surface area contributed by atoms with E-state index in [1.54, 1.807) is 19.2 Å². The van der Waals surface area contributed by atoms with E-state index in [-0.39, 0.29) is 4.83 Å². The SMILES string of the molecule is COCC(Br)Cc1ccccc1S(C)(=O)=O. The zero-order valence-electron chi connectivity index (χ0n) is 9.31. The topological polar surface area (TPSA) is 43.4 Å². The molecule has 0 aliphatic heterocycles. The van der Waals surface area contributed by atoms with Crippen molar-refractivity contribution in [3.8, 4) is 0 Å². The summed E-state index contributed by atoms with van der Waals surface area (Å²) in [5.74, 6) is 0. The summed E-state index contributed by atoms with van der Waals surface area (Å²) in [6.07, 6.45) is 1.86. The van der Waals surface area contributed by atoms with Crippen molar-refractivity contribution in [2.75, 3.05) is 20.0 Å². The smallest absolute Gasteiger partial charge is 0.175 e. The van der Waals surface area contributed by atoms with Crippen LogP contribution in [0.25, 0.3) is 0 Å². The van der Waals surface area contributed by atoms with E-state index < -0.39 is 9.84 Å². The molecule has 0 bridgehead atoms. The van der Waals surface area contributed by atoms with Gasteiger partial charge < -0.3 is 4.74 Å². The molecule has 5 heteroatoms. The number of ether oxygens (including phenoxy) is 1. The van der Waals surface area contributed by atoms with Gasteiger partial charge in [-0.1, -0.05) is 34.1 Å². The first-order valence-corrected chi connectivity index (χ1v) is 7.67. The van der Waals surface area contributed by atoms with Crippen LogP contribution in [0.2, 0.25) is 0 Å². The Bertz CT molecular complexity index is 442. The van der Waals surface area contributed by atoms with Crippen LogP contribution in [-0.2, 0) is 21.0 Å². The minimum absolute atomic E-state index is 0.125. The van der Waals surface area contributed by atoms with Crippen molar-refractivity contribution in [1.29, 1.82) is 0 Å². The number of rotatable bonds is 5. The van der Waals surface area contributed by atoms with Crippen molar-refractivity contribution in [2.24, 2.45) is 0 Å². The van der Waals surface area contributed by atoms with Gasteiger partial charge in [0.2, 0.25) is 0 Å². The van der Waals surface area contributed by atoms with Gasteiger partial charge in [0.15, 0.2) is 9.84 Å². The van der Waals surface area contributed by atoms with E-state index in [9.17, 15) is 8.42 Å². The average Bonchev–Trinajstić information content (AvgIpc) is 2.17. The maximum Gasteiger partial charge on any atom is 0.175 e. The molecule has 90 valence electrons. The number of halogens is 1. The highest BCUT2D eigenvalue weighted by molar-refractivity contribution is 9.09. The van der Waals surface area contributed by atoms with Gasteiger partial charge in [0.05, 0.1) is 11.5 Å². The Balaban J connectivity index is 2.96. The molecule has 0 spiro atoms. The van der Waals surface area contributed by atoms with Crippen LogP contribution in [0, 0.1) is 0 Å². The molecule has 0 amide bonds. The van der Waals surface area contributed by atoms with Crippen LogP contribution in [0.5, 0.6) is 0 Å². The number of sulfone groups is 1. The molecular weight excluding hydrogens is 292 g/mol. The predicted octanol–water partition coefficient (Wildman–Crippen LogP) is 2.04. The van der Waals surface area contributed by atoms with E-state index in [1.807, 2.05) is 12.1 Å². The van der Waals surface area contributed by atoms with Crippen LogP contribution in [-0.4, -0.2) is 33.2 Å². The van der Waals surface area contributed by atoms with E-state index >= 15 is 0 Å². The summed E-state index contributed by atoms with van der Waals surface area (Å²) in [6.45, 7) is 0.554. The minimum atomic E-state index is -3.16. The Labute approximate surface area is 105 Å². The maximum atomic E-state index is 11.5. The van der Waals surface area contributed by atoms with Gasteiger partial charge in [-0.25, -0.2) is 8.42 Å². The lowest BCUT2D eigenvalue weighted by atomic mass is 10.1. The standard InChI is InChI=1S/C11H15BrO3S/c1-15-8-10(12)7-9-5-3-4-6-11(9)16(2,13)14/h3-6,10H,7-8H2,1-2H3. The van der Waals surface area contributed by atoms with Crippen molar-refractivity contribution >= 4 is 25.8 Å². The van der Waals surface area contributed by atoms with Crippen LogP contribution in [0.3, 0.4) is 0 Å². The molecule has 0 fully saturated rings.